The molecule has 0 radical (unpaired) electrons. The molecule has 2 saturated heterocycles. The molecular weight excluding hydrogens is 435 g/mol. The van der Waals surface area contributed by atoms with Crippen molar-refractivity contribution in [3.05, 3.63) is 65.2 Å². The fourth-order valence-electron chi connectivity index (χ4n) is 4.32. The largest absolute Gasteiger partial charge is 0.483 e. The number of carbonyl (C=O) groups excluding carboxylic acids is 2. The van der Waals surface area contributed by atoms with Crippen LogP contribution >= 0.6 is 0 Å². The predicted molar refractivity (Wildman–Crippen MR) is 112 cm³/mol. The lowest BCUT2D eigenvalue weighted by molar-refractivity contribution is -0.135. The standard InChI is InChI=1S/C24H22F3N3O3/c25-17-11-21(24(32)29-8-4-7-18(29)12-28)30(13-17)23(31)16-9-19(26)22(20(27)10-16)33-14-15-5-2-1-3-6-15/h1-3,5-6,9-10,17-18,21H,4,7-8,11,13-14H2. The summed E-state index contributed by atoms with van der Waals surface area (Å²) in [5.74, 6) is -4.14. The molecule has 9 heteroatoms. The molecule has 2 aromatic carbocycles. The van der Waals surface area contributed by atoms with Gasteiger partial charge in [-0.15, -0.1) is 0 Å². The Kier molecular flexibility index (Phi) is 6.54. The first kappa shape index (κ1) is 22.6. The molecule has 0 aromatic heterocycles. The van der Waals surface area contributed by atoms with Gasteiger partial charge in [-0.05, 0) is 30.5 Å². The van der Waals surface area contributed by atoms with Crippen LogP contribution in [-0.2, 0) is 11.4 Å². The third-order valence-corrected chi connectivity index (χ3v) is 5.95. The van der Waals surface area contributed by atoms with Crippen molar-refractivity contribution >= 4 is 11.8 Å². The summed E-state index contributed by atoms with van der Waals surface area (Å²) in [7, 11) is 0. The second-order valence-electron chi connectivity index (χ2n) is 8.17. The van der Waals surface area contributed by atoms with Crippen LogP contribution in [0.15, 0.2) is 42.5 Å². The monoisotopic (exact) mass is 457 g/mol. The molecule has 2 aromatic rings. The quantitative estimate of drug-likeness (QED) is 0.688. The summed E-state index contributed by atoms with van der Waals surface area (Å²) in [6.45, 7) is -0.0802. The molecule has 3 unspecified atom stereocenters. The van der Waals surface area contributed by atoms with Crippen molar-refractivity contribution in [2.24, 2.45) is 0 Å². The van der Waals surface area contributed by atoms with Crippen LogP contribution in [-0.4, -0.2) is 53.0 Å². The van der Waals surface area contributed by atoms with Crippen LogP contribution in [0.5, 0.6) is 5.75 Å². The fourth-order valence-corrected chi connectivity index (χ4v) is 4.32. The van der Waals surface area contributed by atoms with E-state index in [2.05, 4.69) is 0 Å². The third-order valence-electron chi connectivity index (χ3n) is 5.95. The highest BCUT2D eigenvalue weighted by Gasteiger charge is 2.44. The summed E-state index contributed by atoms with van der Waals surface area (Å²) < 4.78 is 48.7. The van der Waals surface area contributed by atoms with Crippen LogP contribution in [0.2, 0.25) is 0 Å². The molecule has 4 rings (SSSR count). The van der Waals surface area contributed by atoms with Gasteiger partial charge >= 0.3 is 0 Å². The van der Waals surface area contributed by atoms with Gasteiger partial charge in [-0.2, -0.15) is 5.26 Å². The number of hydrogen-bond donors (Lipinski definition) is 0. The molecule has 0 N–H and O–H groups in total. The first-order chi connectivity index (χ1) is 15.9. The smallest absolute Gasteiger partial charge is 0.254 e. The molecule has 2 amide bonds. The molecule has 2 aliphatic heterocycles. The van der Waals surface area contributed by atoms with E-state index in [1.165, 1.54) is 4.90 Å². The summed E-state index contributed by atoms with van der Waals surface area (Å²) in [6, 6.07) is 10.8. The van der Waals surface area contributed by atoms with Gasteiger partial charge in [-0.3, -0.25) is 9.59 Å². The Morgan fingerprint density at radius 2 is 1.82 bits per heavy atom. The van der Waals surface area contributed by atoms with Crippen molar-refractivity contribution in [1.82, 2.24) is 9.80 Å². The second-order valence-corrected chi connectivity index (χ2v) is 8.17. The van der Waals surface area contributed by atoms with E-state index in [-0.39, 0.29) is 25.1 Å². The van der Waals surface area contributed by atoms with Gasteiger partial charge < -0.3 is 14.5 Å². The van der Waals surface area contributed by atoms with Gasteiger partial charge in [-0.1, -0.05) is 30.3 Å². The first-order valence-electron chi connectivity index (χ1n) is 10.7. The minimum atomic E-state index is -1.45. The van der Waals surface area contributed by atoms with Crippen LogP contribution in [0.1, 0.15) is 35.2 Å². The molecule has 2 aliphatic rings. The van der Waals surface area contributed by atoms with Crippen molar-refractivity contribution in [1.29, 1.82) is 5.26 Å². The zero-order valence-electron chi connectivity index (χ0n) is 17.7. The first-order valence-corrected chi connectivity index (χ1v) is 10.7. The van der Waals surface area contributed by atoms with Crippen LogP contribution in [0.4, 0.5) is 13.2 Å². The molecular formula is C24H22F3N3O3. The van der Waals surface area contributed by atoms with Crippen molar-refractivity contribution in [2.45, 2.75) is 44.1 Å². The molecule has 2 heterocycles. The van der Waals surface area contributed by atoms with Crippen molar-refractivity contribution in [3.8, 4) is 11.8 Å². The molecule has 3 atom stereocenters. The zero-order valence-corrected chi connectivity index (χ0v) is 17.7. The van der Waals surface area contributed by atoms with E-state index >= 15 is 0 Å². The third kappa shape index (κ3) is 4.65. The maximum Gasteiger partial charge on any atom is 0.254 e. The van der Waals surface area contributed by atoms with Gasteiger partial charge in [0.15, 0.2) is 17.4 Å². The van der Waals surface area contributed by atoms with Crippen molar-refractivity contribution in [2.75, 3.05) is 13.1 Å². The number of nitriles is 1. The minimum absolute atomic E-state index is 0.0654. The van der Waals surface area contributed by atoms with Crippen LogP contribution < -0.4 is 4.74 Å². The van der Waals surface area contributed by atoms with Crippen LogP contribution in [0.3, 0.4) is 0 Å². The number of halogens is 3. The summed E-state index contributed by atoms with van der Waals surface area (Å²) in [6.07, 6.45) is -0.509. The van der Waals surface area contributed by atoms with E-state index in [4.69, 9.17) is 4.74 Å². The number of likely N-dealkylation sites (tertiary alicyclic amines) is 2. The number of alkyl halides is 1. The number of amides is 2. The lowest BCUT2D eigenvalue weighted by atomic mass is 10.1. The Morgan fingerprint density at radius 1 is 1.12 bits per heavy atom. The zero-order chi connectivity index (χ0) is 23.5. The summed E-state index contributed by atoms with van der Waals surface area (Å²) in [4.78, 5) is 28.3. The lowest BCUT2D eigenvalue weighted by Gasteiger charge is -2.29. The maximum atomic E-state index is 14.6. The highest BCUT2D eigenvalue weighted by atomic mass is 19.1. The SMILES string of the molecule is N#CC1CCCN1C(=O)C1CC(F)CN1C(=O)c1cc(F)c(OCc2ccccc2)c(F)c1. The van der Waals surface area contributed by atoms with E-state index in [0.717, 1.165) is 17.0 Å². The van der Waals surface area contributed by atoms with Crippen molar-refractivity contribution < 1.29 is 27.5 Å². The Morgan fingerprint density at radius 3 is 2.48 bits per heavy atom. The average molecular weight is 457 g/mol. The highest BCUT2D eigenvalue weighted by molar-refractivity contribution is 5.98. The average Bonchev–Trinajstić information content (AvgIpc) is 3.44. The molecule has 0 saturated carbocycles. The van der Waals surface area contributed by atoms with Gasteiger partial charge in [0.25, 0.3) is 5.91 Å². The van der Waals surface area contributed by atoms with Gasteiger partial charge in [0.05, 0.1) is 12.6 Å². The normalized spacial score (nSPS) is 22.3. The Labute approximate surface area is 189 Å². The number of hydrogen-bond acceptors (Lipinski definition) is 4. The number of ether oxygens (including phenoxy) is 1. The van der Waals surface area contributed by atoms with Gasteiger partial charge in [0.2, 0.25) is 5.91 Å². The molecule has 0 spiro atoms. The van der Waals surface area contributed by atoms with E-state index in [0.29, 0.717) is 24.9 Å². The van der Waals surface area contributed by atoms with E-state index in [1.807, 2.05) is 6.07 Å². The molecule has 33 heavy (non-hydrogen) atoms. The van der Waals surface area contributed by atoms with Crippen LogP contribution in [0.25, 0.3) is 0 Å². The van der Waals surface area contributed by atoms with Gasteiger partial charge in [0, 0.05) is 18.5 Å². The fraction of sp³-hybridized carbons (Fsp3) is 0.375. The topological polar surface area (TPSA) is 73.6 Å². The Hall–Kier alpha value is -3.54. The van der Waals surface area contributed by atoms with E-state index in [9.17, 15) is 28.0 Å². The molecule has 2 fully saturated rings. The minimum Gasteiger partial charge on any atom is -0.483 e. The number of benzene rings is 2. The van der Waals surface area contributed by atoms with E-state index in [1.54, 1.807) is 30.3 Å². The number of carbonyl (C=O) groups is 2. The summed E-state index contributed by atoms with van der Waals surface area (Å²) in [5.41, 5.74) is 0.365. The molecule has 172 valence electrons. The lowest BCUT2D eigenvalue weighted by Crippen LogP contribution is -2.49. The highest BCUT2D eigenvalue weighted by Crippen LogP contribution is 2.30. The predicted octanol–water partition coefficient (Wildman–Crippen LogP) is 3.61. The number of rotatable bonds is 5. The summed E-state index contributed by atoms with van der Waals surface area (Å²) >= 11 is 0. The van der Waals surface area contributed by atoms with Crippen molar-refractivity contribution in [3.63, 3.8) is 0 Å². The second kappa shape index (κ2) is 9.53. The molecule has 0 bridgehead atoms. The molecule has 0 aliphatic carbocycles. The molecule has 6 nitrogen and oxygen atoms in total. The Balaban J connectivity index is 1.52. The van der Waals surface area contributed by atoms with E-state index < -0.39 is 47.5 Å². The summed E-state index contributed by atoms with van der Waals surface area (Å²) in [5, 5.41) is 9.24. The van der Waals surface area contributed by atoms with Gasteiger partial charge in [0.1, 0.15) is 24.9 Å². The van der Waals surface area contributed by atoms with Gasteiger partial charge in [-0.25, -0.2) is 13.2 Å². The van der Waals surface area contributed by atoms with Crippen LogP contribution in [0, 0.1) is 23.0 Å². The Bertz CT molecular complexity index is 1070. The number of nitrogens with zero attached hydrogens (tertiary/aromatic N) is 3. The maximum absolute atomic E-state index is 14.6.